The van der Waals surface area contributed by atoms with E-state index in [1.54, 1.807) is 0 Å². The van der Waals surface area contributed by atoms with Crippen LogP contribution in [0.3, 0.4) is 0 Å². The highest BCUT2D eigenvalue weighted by molar-refractivity contribution is 7.99. The van der Waals surface area contributed by atoms with E-state index in [1.165, 1.54) is 10.5 Å². The standard InChI is InChI=1S/C10H14S2/c1-3-12-10-6-4-9(5-7-10)8(2)11/h4-8,11H,3H2,1-2H3. The molecule has 2 heteroatoms. The van der Waals surface area contributed by atoms with Gasteiger partial charge in [-0.3, -0.25) is 0 Å². The van der Waals surface area contributed by atoms with Crippen molar-refractivity contribution in [3.63, 3.8) is 0 Å². The molecule has 1 aromatic rings. The smallest absolute Gasteiger partial charge is 0.0238 e. The summed E-state index contributed by atoms with van der Waals surface area (Å²) >= 11 is 6.24. The Hall–Kier alpha value is -0.0800. The van der Waals surface area contributed by atoms with Gasteiger partial charge in [0.25, 0.3) is 0 Å². The lowest BCUT2D eigenvalue weighted by Crippen LogP contribution is -1.83. The van der Waals surface area contributed by atoms with Crippen LogP contribution < -0.4 is 0 Å². The number of hydrogen-bond acceptors (Lipinski definition) is 2. The van der Waals surface area contributed by atoms with Crippen LogP contribution in [0.15, 0.2) is 29.2 Å². The maximum atomic E-state index is 4.37. The first kappa shape index (κ1) is 10.0. The van der Waals surface area contributed by atoms with Crippen LogP contribution in [0.4, 0.5) is 0 Å². The Balaban J connectivity index is 2.71. The van der Waals surface area contributed by atoms with Gasteiger partial charge in [-0.1, -0.05) is 19.1 Å². The van der Waals surface area contributed by atoms with Crippen LogP contribution in [0.5, 0.6) is 0 Å². The number of rotatable bonds is 3. The van der Waals surface area contributed by atoms with Gasteiger partial charge in [-0.15, -0.1) is 11.8 Å². The average molecular weight is 198 g/mol. The van der Waals surface area contributed by atoms with Crippen molar-refractivity contribution in [2.45, 2.75) is 24.0 Å². The van der Waals surface area contributed by atoms with E-state index in [4.69, 9.17) is 0 Å². The van der Waals surface area contributed by atoms with E-state index >= 15 is 0 Å². The third-order valence-electron chi connectivity index (χ3n) is 1.67. The maximum Gasteiger partial charge on any atom is 0.0238 e. The van der Waals surface area contributed by atoms with E-state index in [-0.39, 0.29) is 0 Å². The second-order valence-electron chi connectivity index (χ2n) is 2.68. The van der Waals surface area contributed by atoms with E-state index in [0.717, 1.165) is 5.75 Å². The Kier molecular flexibility index (Phi) is 4.02. The number of hydrogen-bond donors (Lipinski definition) is 1. The van der Waals surface area contributed by atoms with Gasteiger partial charge in [-0.2, -0.15) is 12.6 Å². The highest BCUT2D eigenvalue weighted by Gasteiger charge is 1.98. The Morgan fingerprint density at radius 2 is 1.92 bits per heavy atom. The monoisotopic (exact) mass is 198 g/mol. The Bertz CT molecular complexity index is 226. The van der Waals surface area contributed by atoms with Crippen molar-refractivity contribution in [2.24, 2.45) is 0 Å². The van der Waals surface area contributed by atoms with Gasteiger partial charge < -0.3 is 0 Å². The number of benzene rings is 1. The lowest BCUT2D eigenvalue weighted by atomic mass is 10.2. The Morgan fingerprint density at radius 3 is 2.33 bits per heavy atom. The molecule has 0 aliphatic heterocycles. The van der Waals surface area contributed by atoms with Crippen molar-refractivity contribution in [3.8, 4) is 0 Å². The van der Waals surface area contributed by atoms with E-state index in [0.29, 0.717) is 5.25 Å². The molecular formula is C10H14S2. The minimum absolute atomic E-state index is 0.339. The van der Waals surface area contributed by atoms with Crippen LogP contribution in [-0.4, -0.2) is 5.75 Å². The molecule has 0 N–H and O–H groups in total. The summed E-state index contributed by atoms with van der Waals surface area (Å²) in [4.78, 5) is 1.34. The summed E-state index contributed by atoms with van der Waals surface area (Å²) in [6, 6.07) is 8.62. The summed E-state index contributed by atoms with van der Waals surface area (Å²) in [7, 11) is 0. The zero-order chi connectivity index (χ0) is 8.97. The predicted octanol–water partition coefficient (Wildman–Crippen LogP) is 3.79. The molecule has 0 aliphatic carbocycles. The SMILES string of the molecule is CCSc1ccc(C(C)S)cc1. The molecule has 0 spiro atoms. The zero-order valence-electron chi connectivity index (χ0n) is 7.45. The molecule has 0 amide bonds. The number of thioether (sulfide) groups is 1. The first-order valence-corrected chi connectivity index (χ1v) is 5.65. The molecule has 0 saturated carbocycles. The van der Waals surface area contributed by atoms with Gasteiger partial charge >= 0.3 is 0 Å². The fourth-order valence-electron chi connectivity index (χ4n) is 1.01. The summed E-state index contributed by atoms with van der Waals surface area (Å²) in [5.74, 6) is 1.13. The van der Waals surface area contributed by atoms with Crippen LogP contribution >= 0.6 is 24.4 Å². The zero-order valence-corrected chi connectivity index (χ0v) is 9.16. The molecule has 0 radical (unpaired) electrons. The van der Waals surface area contributed by atoms with Gasteiger partial charge in [0.1, 0.15) is 0 Å². The molecule has 0 saturated heterocycles. The molecule has 0 bridgehead atoms. The van der Waals surface area contributed by atoms with E-state index < -0.39 is 0 Å². The predicted molar refractivity (Wildman–Crippen MR) is 60.2 cm³/mol. The van der Waals surface area contributed by atoms with Crippen molar-refractivity contribution >= 4 is 24.4 Å². The van der Waals surface area contributed by atoms with Crippen LogP contribution in [0.2, 0.25) is 0 Å². The molecular weight excluding hydrogens is 184 g/mol. The third kappa shape index (κ3) is 2.76. The minimum atomic E-state index is 0.339. The van der Waals surface area contributed by atoms with Crippen molar-refractivity contribution < 1.29 is 0 Å². The molecule has 0 heterocycles. The number of thiol groups is 1. The molecule has 12 heavy (non-hydrogen) atoms. The molecule has 0 fully saturated rings. The lowest BCUT2D eigenvalue weighted by Gasteiger charge is -2.04. The topological polar surface area (TPSA) is 0 Å². The van der Waals surface area contributed by atoms with Crippen LogP contribution in [0.25, 0.3) is 0 Å². The maximum absolute atomic E-state index is 4.37. The third-order valence-corrected chi connectivity index (χ3v) is 2.87. The van der Waals surface area contributed by atoms with Gasteiger partial charge in [-0.25, -0.2) is 0 Å². The highest BCUT2D eigenvalue weighted by Crippen LogP contribution is 2.23. The van der Waals surface area contributed by atoms with Crippen molar-refractivity contribution in [1.29, 1.82) is 0 Å². The summed E-state index contributed by atoms with van der Waals surface area (Å²) in [5, 5.41) is 0.339. The Morgan fingerprint density at radius 1 is 1.33 bits per heavy atom. The van der Waals surface area contributed by atoms with Crippen molar-refractivity contribution in [3.05, 3.63) is 29.8 Å². The second-order valence-corrected chi connectivity index (χ2v) is 4.79. The van der Waals surface area contributed by atoms with Crippen LogP contribution in [0, 0.1) is 0 Å². The minimum Gasteiger partial charge on any atom is -0.171 e. The van der Waals surface area contributed by atoms with Gasteiger partial charge in [0.05, 0.1) is 0 Å². The summed E-state index contributed by atoms with van der Waals surface area (Å²) in [6.45, 7) is 4.25. The summed E-state index contributed by atoms with van der Waals surface area (Å²) in [6.07, 6.45) is 0. The van der Waals surface area contributed by atoms with E-state index in [2.05, 4.69) is 50.7 Å². The quantitative estimate of drug-likeness (QED) is 0.569. The molecule has 1 rings (SSSR count). The van der Waals surface area contributed by atoms with Gasteiger partial charge in [-0.05, 0) is 30.4 Å². The fraction of sp³-hybridized carbons (Fsp3) is 0.400. The largest absolute Gasteiger partial charge is 0.171 e. The van der Waals surface area contributed by atoms with Crippen LogP contribution in [0.1, 0.15) is 24.7 Å². The van der Waals surface area contributed by atoms with Crippen molar-refractivity contribution in [1.82, 2.24) is 0 Å². The molecule has 1 atom stereocenters. The lowest BCUT2D eigenvalue weighted by molar-refractivity contribution is 1.10. The van der Waals surface area contributed by atoms with Crippen molar-refractivity contribution in [2.75, 3.05) is 5.75 Å². The molecule has 66 valence electrons. The van der Waals surface area contributed by atoms with E-state index in [9.17, 15) is 0 Å². The van der Waals surface area contributed by atoms with Gasteiger partial charge in [0.15, 0.2) is 0 Å². The van der Waals surface area contributed by atoms with E-state index in [1.807, 2.05) is 11.8 Å². The molecule has 1 unspecified atom stereocenters. The first-order valence-electron chi connectivity index (χ1n) is 4.15. The normalized spacial score (nSPS) is 12.9. The molecule has 0 nitrogen and oxygen atoms in total. The summed E-state index contributed by atoms with van der Waals surface area (Å²) < 4.78 is 0. The highest BCUT2D eigenvalue weighted by atomic mass is 32.2. The Labute approximate surface area is 84.2 Å². The molecule has 0 aromatic heterocycles. The fourth-order valence-corrected chi connectivity index (χ4v) is 1.84. The van der Waals surface area contributed by atoms with Crippen LogP contribution in [-0.2, 0) is 0 Å². The molecule has 1 aromatic carbocycles. The average Bonchev–Trinajstić information content (AvgIpc) is 2.06. The first-order chi connectivity index (χ1) is 5.74. The van der Waals surface area contributed by atoms with Gasteiger partial charge in [0, 0.05) is 10.1 Å². The molecule has 0 aliphatic rings. The van der Waals surface area contributed by atoms with Gasteiger partial charge in [0.2, 0.25) is 0 Å². The summed E-state index contributed by atoms with van der Waals surface area (Å²) in [5.41, 5.74) is 1.29. The second kappa shape index (κ2) is 4.83.